The van der Waals surface area contributed by atoms with E-state index in [0.717, 1.165) is 30.7 Å². The second-order valence-electron chi connectivity index (χ2n) is 4.51. The minimum absolute atomic E-state index is 0.463. The van der Waals surface area contributed by atoms with Crippen molar-refractivity contribution in [2.45, 2.75) is 24.1 Å². The first-order chi connectivity index (χ1) is 9.28. The zero-order chi connectivity index (χ0) is 13.5. The lowest BCUT2D eigenvalue weighted by Crippen LogP contribution is -2.05. The van der Waals surface area contributed by atoms with Gasteiger partial charge < -0.3 is 4.74 Å². The van der Waals surface area contributed by atoms with E-state index in [4.69, 9.17) is 4.74 Å². The summed E-state index contributed by atoms with van der Waals surface area (Å²) >= 11 is 3.74. The van der Waals surface area contributed by atoms with E-state index in [2.05, 4.69) is 39.1 Å². The number of pyridine rings is 1. The van der Waals surface area contributed by atoms with Gasteiger partial charge in [0.05, 0.1) is 7.11 Å². The Bertz CT molecular complexity index is 484. The van der Waals surface area contributed by atoms with Crippen molar-refractivity contribution in [2.24, 2.45) is 0 Å². The highest BCUT2D eigenvalue weighted by Crippen LogP contribution is 2.17. The van der Waals surface area contributed by atoms with Crippen LogP contribution in [0.1, 0.15) is 17.7 Å². The van der Waals surface area contributed by atoms with Gasteiger partial charge in [0, 0.05) is 23.1 Å². The Morgan fingerprint density at radius 1 is 1.16 bits per heavy atom. The third-order valence-electron chi connectivity index (χ3n) is 3.06. The smallest absolute Gasteiger partial charge is 0.118 e. The molecule has 1 unspecified atom stereocenters. The van der Waals surface area contributed by atoms with E-state index < -0.39 is 0 Å². The normalized spacial score (nSPS) is 12.1. The van der Waals surface area contributed by atoms with E-state index in [1.807, 2.05) is 30.5 Å². The minimum atomic E-state index is 0.463. The van der Waals surface area contributed by atoms with Crippen LogP contribution in [0.4, 0.5) is 0 Å². The Kier molecular flexibility index (Phi) is 5.40. The van der Waals surface area contributed by atoms with E-state index in [-0.39, 0.29) is 0 Å². The molecule has 0 saturated carbocycles. The average molecular weight is 320 g/mol. The average Bonchev–Trinajstić information content (AvgIpc) is 2.47. The van der Waals surface area contributed by atoms with Gasteiger partial charge in [0.15, 0.2) is 0 Å². The van der Waals surface area contributed by atoms with Crippen LogP contribution in [-0.2, 0) is 12.8 Å². The van der Waals surface area contributed by atoms with Crippen molar-refractivity contribution in [1.29, 1.82) is 0 Å². The molecular formula is C16H18BrNO. The highest BCUT2D eigenvalue weighted by atomic mass is 79.9. The fourth-order valence-corrected chi connectivity index (χ4v) is 2.52. The van der Waals surface area contributed by atoms with Crippen LogP contribution in [-0.4, -0.2) is 16.9 Å². The molecule has 0 saturated heterocycles. The summed E-state index contributed by atoms with van der Waals surface area (Å²) in [5.41, 5.74) is 2.48. The van der Waals surface area contributed by atoms with E-state index in [1.54, 1.807) is 7.11 Å². The highest BCUT2D eigenvalue weighted by Gasteiger charge is 2.06. The van der Waals surface area contributed by atoms with Gasteiger partial charge in [0.1, 0.15) is 5.75 Å². The molecule has 0 amide bonds. The van der Waals surface area contributed by atoms with Gasteiger partial charge in [-0.2, -0.15) is 0 Å². The molecule has 2 aromatic rings. The summed E-state index contributed by atoms with van der Waals surface area (Å²) in [5, 5.41) is 0. The van der Waals surface area contributed by atoms with E-state index in [9.17, 15) is 0 Å². The summed E-state index contributed by atoms with van der Waals surface area (Å²) in [6, 6.07) is 14.3. The standard InChI is InChI=1S/C16H18BrNO/c1-19-16-9-6-13(7-10-16)5-8-14(17)12-15-4-2-3-11-18-15/h2-4,6-7,9-11,14H,5,8,12H2,1H3. The van der Waals surface area contributed by atoms with Gasteiger partial charge in [0.25, 0.3) is 0 Å². The number of nitrogens with zero attached hydrogens (tertiary/aromatic N) is 1. The fourth-order valence-electron chi connectivity index (χ4n) is 1.96. The Balaban J connectivity index is 1.81. The van der Waals surface area contributed by atoms with Gasteiger partial charge in [-0.1, -0.05) is 34.1 Å². The summed E-state index contributed by atoms with van der Waals surface area (Å²) in [7, 11) is 1.69. The van der Waals surface area contributed by atoms with Crippen LogP contribution in [0.2, 0.25) is 0 Å². The molecule has 1 heterocycles. The van der Waals surface area contributed by atoms with Crippen molar-refractivity contribution < 1.29 is 4.74 Å². The van der Waals surface area contributed by atoms with Gasteiger partial charge >= 0.3 is 0 Å². The van der Waals surface area contributed by atoms with Crippen LogP contribution in [0.3, 0.4) is 0 Å². The molecule has 0 radical (unpaired) electrons. The van der Waals surface area contributed by atoms with Crippen molar-refractivity contribution in [2.75, 3.05) is 7.11 Å². The molecule has 0 aliphatic heterocycles. The van der Waals surface area contributed by atoms with Crippen LogP contribution in [0.25, 0.3) is 0 Å². The molecule has 0 N–H and O–H groups in total. The van der Waals surface area contributed by atoms with E-state index in [1.165, 1.54) is 5.56 Å². The largest absolute Gasteiger partial charge is 0.497 e. The van der Waals surface area contributed by atoms with Crippen LogP contribution in [0, 0.1) is 0 Å². The van der Waals surface area contributed by atoms with Crippen molar-refractivity contribution in [1.82, 2.24) is 4.98 Å². The molecule has 0 fully saturated rings. The Morgan fingerprint density at radius 3 is 2.58 bits per heavy atom. The number of hydrogen-bond acceptors (Lipinski definition) is 2. The quantitative estimate of drug-likeness (QED) is 0.750. The summed E-state index contributed by atoms with van der Waals surface area (Å²) in [4.78, 5) is 4.81. The summed E-state index contributed by atoms with van der Waals surface area (Å²) in [5.74, 6) is 0.910. The summed E-state index contributed by atoms with van der Waals surface area (Å²) in [6.45, 7) is 0. The molecular weight excluding hydrogens is 302 g/mol. The van der Waals surface area contributed by atoms with Gasteiger partial charge in [-0.05, 0) is 42.7 Å². The molecule has 3 heteroatoms. The van der Waals surface area contributed by atoms with Gasteiger partial charge in [-0.15, -0.1) is 0 Å². The number of methoxy groups -OCH3 is 1. The molecule has 2 rings (SSSR count). The Morgan fingerprint density at radius 2 is 1.95 bits per heavy atom. The molecule has 0 aliphatic carbocycles. The van der Waals surface area contributed by atoms with Crippen LogP contribution in [0.5, 0.6) is 5.75 Å². The van der Waals surface area contributed by atoms with Crippen molar-refractivity contribution in [3.63, 3.8) is 0 Å². The summed E-state index contributed by atoms with van der Waals surface area (Å²) < 4.78 is 5.16. The van der Waals surface area contributed by atoms with E-state index >= 15 is 0 Å². The zero-order valence-corrected chi connectivity index (χ0v) is 12.6. The van der Waals surface area contributed by atoms with Crippen LogP contribution in [0.15, 0.2) is 48.7 Å². The van der Waals surface area contributed by atoms with Crippen LogP contribution >= 0.6 is 15.9 Å². The molecule has 1 aromatic heterocycles. The van der Waals surface area contributed by atoms with Crippen molar-refractivity contribution in [3.05, 3.63) is 59.9 Å². The SMILES string of the molecule is COc1ccc(CCC(Br)Cc2ccccn2)cc1. The number of alkyl halides is 1. The summed E-state index contributed by atoms with van der Waals surface area (Å²) in [6.07, 6.45) is 4.98. The lowest BCUT2D eigenvalue weighted by molar-refractivity contribution is 0.414. The molecule has 100 valence electrons. The maximum Gasteiger partial charge on any atom is 0.118 e. The van der Waals surface area contributed by atoms with Gasteiger partial charge in [-0.25, -0.2) is 0 Å². The van der Waals surface area contributed by atoms with Crippen LogP contribution < -0.4 is 4.74 Å². The number of ether oxygens (including phenoxy) is 1. The van der Waals surface area contributed by atoms with E-state index in [0.29, 0.717) is 4.83 Å². The first-order valence-corrected chi connectivity index (χ1v) is 7.36. The first kappa shape index (κ1) is 14.1. The third kappa shape index (κ3) is 4.67. The first-order valence-electron chi connectivity index (χ1n) is 6.45. The maximum absolute atomic E-state index is 5.16. The molecule has 1 atom stereocenters. The third-order valence-corrected chi connectivity index (χ3v) is 3.84. The Hall–Kier alpha value is -1.35. The number of hydrogen-bond donors (Lipinski definition) is 0. The highest BCUT2D eigenvalue weighted by molar-refractivity contribution is 9.09. The number of aryl methyl sites for hydroxylation is 1. The lowest BCUT2D eigenvalue weighted by atomic mass is 10.1. The predicted molar refractivity (Wildman–Crippen MR) is 82.0 cm³/mol. The van der Waals surface area contributed by atoms with Crippen molar-refractivity contribution >= 4 is 15.9 Å². The molecule has 0 spiro atoms. The second kappa shape index (κ2) is 7.29. The lowest BCUT2D eigenvalue weighted by Gasteiger charge is -2.09. The molecule has 0 aliphatic rings. The molecule has 1 aromatic carbocycles. The fraction of sp³-hybridized carbons (Fsp3) is 0.312. The number of halogens is 1. The molecule has 19 heavy (non-hydrogen) atoms. The number of benzene rings is 1. The predicted octanol–water partition coefficient (Wildman–Crippen LogP) is 4.03. The molecule has 2 nitrogen and oxygen atoms in total. The maximum atomic E-state index is 5.16. The second-order valence-corrected chi connectivity index (χ2v) is 5.80. The minimum Gasteiger partial charge on any atom is -0.497 e. The van der Waals surface area contributed by atoms with Gasteiger partial charge in [0.2, 0.25) is 0 Å². The van der Waals surface area contributed by atoms with Gasteiger partial charge in [-0.3, -0.25) is 4.98 Å². The topological polar surface area (TPSA) is 22.1 Å². The number of aromatic nitrogens is 1. The van der Waals surface area contributed by atoms with Crippen molar-refractivity contribution in [3.8, 4) is 5.75 Å². The zero-order valence-electron chi connectivity index (χ0n) is 11.1. The Labute approximate surface area is 123 Å². The molecule has 0 bridgehead atoms. The monoisotopic (exact) mass is 319 g/mol. The number of rotatable bonds is 6.